The van der Waals surface area contributed by atoms with Crippen molar-refractivity contribution >= 4 is 62.3 Å². The molecule has 14 N–H and O–H groups in total. The average molecular weight is 1750 g/mol. The fourth-order valence-electron chi connectivity index (χ4n) is 14.5. The second-order valence-corrected chi connectivity index (χ2v) is 34.8. The maximum Gasteiger partial charge on any atom is 0.472 e. The number of carbonyl (C=O) groups is 8. The van der Waals surface area contributed by atoms with E-state index in [0.717, 1.165) is 12.0 Å². The van der Waals surface area contributed by atoms with Gasteiger partial charge in [0.1, 0.15) is 89.7 Å². The third kappa shape index (κ3) is 38.9. The van der Waals surface area contributed by atoms with E-state index in [1.165, 1.54) is 0 Å². The Morgan fingerprint density at radius 1 is 0.437 bits per heavy atom. The van der Waals surface area contributed by atoms with Gasteiger partial charge in [-0.2, -0.15) is 0 Å². The molecule has 41 heteroatoms. The van der Waals surface area contributed by atoms with E-state index in [0.29, 0.717) is 116 Å². The Balaban J connectivity index is 1.17. The van der Waals surface area contributed by atoms with Crippen molar-refractivity contribution in [2.24, 2.45) is 17.8 Å². The van der Waals surface area contributed by atoms with Gasteiger partial charge in [-0.05, 0) is 90.4 Å². The number of hydrogen-bond donors (Lipinski definition) is 14. The first-order chi connectivity index (χ1) is 56.7. The number of aliphatic hydroxyl groups excluding tert-OH is 10. The highest BCUT2D eigenvalue weighted by molar-refractivity contribution is 7.47. The predicted molar refractivity (Wildman–Crippen MR) is 419 cm³/mol. The zero-order chi connectivity index (χ0) is 87.7. The fourth-order valence-corrected chi connectivity index (χ4v) is 16.1. The molecule has 0 spiro atoms. The van der Waals surface area contributed by atoms with Crippen LogP contribution in [0, 0.1) is 17.8 Å². The van der Waals surface area contributed by atoms with E-state index < -0.39 is 227 Å². The summed E-state index contributed by atoms with van der Waals surface area (Å²) in [6.45, 7) is 2.51. The normalized spacial score (nSPS) is 29.4. The quantitative estimate of drug-likeness (QED) is 0.0234. The van der Waals surface area contributed by atoms with E-state index in [2.05, 4.69) is 15.2 Å². The van der Waals surface area contributed by atoms with Crippen LogP contribution in [0.2, 0.25) is 0 Å². The summed E-state index contributed by atoms with van der Waals surface area (Å²) in [4.78, 5) is 128. The average Bonchev–Trinajstić information content (AvgIpc) is 1.78. The van der Waals surface area contributed by atoms with E-state index in [4.69, 9.17) is 60.9 Å². The fraction of sp³-hybridized carbons (Fsp3) is 0.897. The monoisotopic (exact) mass is 1750 g/mol. The standard InChI is InChI=1S/C78H137N3O36P2/c1-50-38-61(117-118(100,101)104-5)65(112-50)46-111-119(102,103)116-60-39-54(42-82)81(41-60)68(93)40-67(92)80-78(47-105-35-28-58(89)22-10-6-8-20-55(86)25-13-17-32-108-75-51(2)69(94)72(97)62(43-83)113-75,48-106-36-29-59(90)23-11-7-9-21-56(87)26-14-18-33-109-76-52(3)70(95)73(98)63(44-84)114-76)49-107-37-30-66(91)79-31-16-12-24-57(88)27-15-19-34-110-77-53(4)71(96)74(99)64(45-85)115-77/h50-54,60-65,69-77,82-85,94-99H,6-49H2,1-5H3,(H,79,91)(H,80,92)(H,100,101)(H,102,103)/t50-,51?,52?,53?,54-,60+,61-,62?,63?,64?,65+,69+,70+,71+,72-,73-,74-,75+,76+,77+,78?/m0/s1. The van der Waals surface area contributed by atoms with Crippen LogP contribution in [0.3, 0.4) is 0 Å². The van der Waals surface area contributed by atoms with Crippen LogP contribution in [0.5, 0.6) is 0 Å². The number of aliphatic hydroxyl groups is 10. The zero-order valence-electron chi connectivity index (χ0n) is 69.7. The van der Waals surface area contributed by atoms with Gasteiger partial charge in [-0.3, -0.25) is 56.5 Å². The Morgan fingerprint density at radius 2 is 0.824 bits per heavy atom. The third-order valence-electron chi connectivity index (χ3n) is 21.8. The van der Waals surface area contributed by atoms with E-state index in [1.807, 2.05) is 0 Å². The minimum atomic E-state index is -4.98. The van der Waals surface area contributed by atoms with Crippen LogP contribution in [0.1, 0.15) is 207 Å². The summed E-state index contributed by atoms with van der Waals surface area (Å²) in [5, 5.41) is 106. The molecule has 3 amide bonds. The number of phosphoric acid groups is 2. The van der Waals surface area contributed by atoms with E-state index >= 15 is 0 Å². The molecule has 39 nitrogen and oxygen atoms in total. The van der Waals surface area contributed by atoms with Crippen molar-refractivity contribution < 1.29 is 174 Å². The minimum absolute atomic E-state index is 0.0104. The van der Waals surface area contributed by atoms with Gasteiger partial charge in [-0.25, -0.2) is 9.13 Å². The summed E-state index contributed by atoms with van der Waals surface area (Å²) >= 11 is 0. The molecule has 0 aliphatic carbocycles. The molecule has 0 radical (unpaired) electrons. The maximum absolute atomic E-state index is 14.4. The Bertz CT molecular complexity index is 2880. The number of nitrogens with zero attached hydrogens (tertiary/aromatic N) is 1. The van der Waals surface area contributed by atoms with Crippen LogP contribution < -0.4 is 10.6 Å². The number of phosphoric ester groups is 2. The van der Waals surface area contributed by atoms with Crippen LogP contribution in [0.25, 0.3) is 0 Å². The van der Waals surface area contributed by atoms with Crippen LogP contribution in [0.15, 0.2) is 0 Å². The molecule has 22 atom stereocenters. The highest BCUT2D eigenvalue weighted by Gasteiger charge is 2.48. The molecular formula is C78H137N3O36P2. The topological polar surface area (TPSA) is 570 Å². The first kappa shape index (κ1) is 106. The number of carbonyl (C=O) groups excluding carboxylic acids is 8. The smallest absolute Gasteiger partial charge is 0.394 e. The number of hydrogen-bond acceptors (Lipinski definition) is 34. The van der Waals surface area contributed by atoms with Crippen LogP contribution in [0.4, 0.5) is 0 Å². The van der Waals surface area contributed by atoms with Crippen LogP contribution in [-0.4, -0.2) is 335 Å². The molecule has 0 aromatic heterocycles. The minimum Gasteiger partial charge on any atom is -0.394 e. The summed E-state index contributed by atoms with van der Waals surface area (Å²) in [5.41, 5.74) is -1.70. The van der Waals surface area contributed by atoms with Crippen molar-refractivity contribution in [2.75, 3.05) is 113 Å². The molecule has 5 fully saturated rings. The van der Waals surface area contributed by atoms with Gasteiger partial charge in [-0.15, -0.1) is 0 Å². The van der Waals surface area contributed by atoms with Gasteiger partial charge in [0.2, 0.25) is 17.7 Å². The lowest BCUT2D eigenvalue weighted by atomic mass is 9.92. The molecule has 5 saturated heterocycles. The van der Waals surface area contributed by atoms with E-state index in [9.17, 15) is 108 Å². The summed E-state index contributed by atoms with van der Waals surface area (Å²) in [5.74, 6) is -4.10. The molecule has 5 heterocycles. The molecule has 8 unspecified atom stereocenters. The lowest BCUT2D eigenvalue weighted by Gasteiger charge is -2.40. The lowest BCUT2D eigenvalue weighted by Crippen LogP contribution is -2.59. The van der Waals surface area contributed by atoms with Crippen molar-refractivity contribution in [2.45, 2.75) is 317 Å². The van der Waals surface area contributed by atoms with Gasteiger partial charge in [0.05, 0.1) is 109 Å². The Labute approximate surface area is 696 Å². The largest absolute Gasteiger partial charge is 0.472 e. The highest BCUT2D eigenvalue weighted by atomic mass is 31.2. The van der Waals surface area contributed by atoms with Gasteiger partial charge in [-0.1, -0.05) is 33.6 Å². The van der Waals surface area contributed by atoms with Gasteiger partial charge < -0.3 is 124 Å². The van der Waals surface area contributed by atoms with E-state index in [1.54, 1.807) is 27.7 Å². The number of ether oxygens (including phenoxy) is 10. The second kappa shape index (κ2) is 56.3. The highest BCUT2D eigenvalue weighted by Crippen LogP contribution is 2.50. The van der Waals surface area contributed by atoms with Crippen molar-refractivity contribution in [1.82, 2.24) is 15.5 Å². The number of rotatable bonds is 65. The van der Waals surface area contributed by atoms with Gasteiger partial charge >= 0.3 is 15.6 Å². The van der Waals surface area contributed by atoms with Gasteiger partial charge in [0.25, 0.3) is 0 Å². The number of ketones is 5. The van der Waals surface area contributed by atoms with Crippen molar-refractivity contribution in [3.8, 4) is 0 Å². The summed E-state index contributed by atoms with van der Waals surface area (Å²) in [6.07, 6.45) is -8.56. The molecule has 5 aliphatic heterocycles. The molecular weight excluding hydrogens is 1620 g/mol. The molecule has 119 heavy (non-hydrogen) atoms. The predicted octanol–water partition coefficient (Wildman–Crippen LogP) is 1.68. The molecule has 690 valence electrons. The molecule has 5 aliphatic rings. The summed E-state index contributed by atoms with van der Waals surface area (Å²) < 4.78 is 104. The number of Topliss-reactive ketones (excluding diaryl/α,β-unsaturated/α-hetero) is 5. The Hall–Kier alpha value is -3.82. The second-order valence-electron chi connectivity index (χ2n) is 31.8. The molecule has 5 rings (SSSR count). The number of likely N-dealkylation sites (tertiary alicyclic amines) is 1. The van der Waals surface area contributed by atoms with Crippen molar-refractivity contribution in [3.63, 3.8) is 0 Å². The first-order valence-electron chi connectivity index (χ1n) is 42.1. The lowest BCUT2D eigenvalue weighted by molar-refractivity contribution is -0.282. The third-order valence-corrected chi connectivity index (χ3v) is 23.9. The van der Waals surface area contributed by atoms with Crippen molar-refractivity contribution in [3.05, 3.63) is 0 Å². The van der Waals surface area contributed by atoms with Crippen molar-refractivity contribution in [1.29, 1.82) is 0 Å². The maximum atomic E-state index is 14.4. The molecule has 0 aromatic rings. The number of nitrogens with one attached hydrogen (secondary N) is 2. The summed E-state index contributed by atoms with van der Waals surface area (Å²) in [6, 6.07) is -1.02. The first-order valence-corrected chi connectivity index (χ1v) is 45.1. The van der Waals surface area contributed by atoms with Crippen LogP contribution >= 0.6 is 15.6 Å². The molecule has 0 bridgehead atoms. The van der Waals surface area contributed by atoms with Gasteiger partial charge in [0.15, 0.2) is 18.9 Å². The summed E-state index contributed by atoms with van der Waals surface area (Å²) in [7, 11) is -8.53. The van der Waals surface area contributed by atoms with Gasteiger partial charge in [0, 0.05) is 135 Å². The Kier molecular flexibility index (Phi) is 50.0. The zero-order valence-corrected chi connectivity index (χ0v) is 71.5. The SMILES string of the molecule is COP(=O)(O)O[C@H]1C[C@H](C)O[C@@H]1COP(=O)(O)O[C@@H]1C[C@@H](CO)N(C(=O)CC(=O)NC(COCCC(=O)CCCCCC(=O)CCCCO[C@@H]2OC(CO)[C@H](O)[C@H](O)C2C)(COCCC(=O)CCCCCC(=O)CCCCO[C@@H]2OC(CO)[C@H](O)[C@H](O)C2C)COCCC(=O)NCCCCC(=O)CCCCO[C@@H]2OC(CO)[C@H](O)[C@H](O)C2C)C1. The Morgan fingerprint density at radius 3 is 1.22 bits per heavy atom. The number of amides is 3. The number of unbranched alkanes of at least 4 members (excludes halogenated alkanes) is 8. The molecule has 0 aromatic carbocycles. The molecule has 0 saturated carbocycles. The van der Waals surface area contributed by atoms with Crippen LogP contribution in [-0.2, 0) is 113 Å². The van der Waals surface area contributed by atoms with E-state index in [-0.39, 0.29) is 133 Å².